The van der Waals surface area contributed by atoms with Crippen LogP contribution in [0.2, 0.25) is 0 Å². The van der Waals surface area contributed by atoms with Crippen molar-refractivity contribution in [1.29, 1.82) is 0 Å². The Hall–Kier alpha value is -3.20. The van der Waals surface area contributed by atoms with Crippen molar-refractivity contribution in [2.75, 3.05) is 0 Å². The van der Waals surface area contributed by atoms with Crippen molar-refractivity contribution in [2.45, 2.75) is 12.8 Å². The molecule has 1 aliphatic carbocycles. The van der Waals surface area contributed by atoms with Gasteiger partial charge in [-0.1, -0.05) is 48.5 Å². The SMILES string of the molecule is O=C1/C(=C\c2ccc(F)c(Oc3ccccc3)c2)CCc2ccccc21. The van der Waals surface area contributed by atoms with E-state index in [2.05, 4.69) is 0 Å². The fourth-order valence-corrected chi connectivity index (χ4v) is 3.16. The normalized spacial score (nSPS) is 15.0. The summed E-state index contributed by atoms with van der Waals surface area (Å²) in [6.45, 7) is 0. The van der Waals surface area contributed by atoms with E-state index < -0.39 is 5.82 Å². The molecule has 0 saturated carbocycles. The number of carbonyl (C=O) groups is 1. The summed E-state index contributed by atoms with van der Waals surface area (Å²) in [7, 11) is 0. The number of ether oxygens (including phenoxy) is 1. The van der Waals surface area contributed by atoms with E-state index in [9.17, 15) is 9.18 Å². The minimum absolute atomic E-state index is 0.0432. The van der Waals surface area contributed by atoms with E-state index in [1.165, 1.54) is 6.07 Å². The number of allylic oxidation sites excluding steroid dienone is 1. The highest BCUT2D eigenvalue weighted by Gasteiger charge is 2.21. The molecule has 0 spiro atoms. The van der Waals surface area contributed by atoms with Crippen LogP contribution in [0, 0.1) is 5.82 Å². The van der Waals surface area contributed by atoms with Crippen LogP contribution in [-0.4, -0.2) is 5.78 Å². The van der Waals surface area contributed by atoms with Crippen LogP contribution in [-0.2, 0) is 6.42 Å². The Morgan fingerprint density at radius 2 is 1.65 bits per heavy atom. The second kappa shape index (κ2) is 6.96. The van der Waals surface area contributed by atoms with E-state index in [0.29, 0.717) is 12.2 Å². The summed E-state index contributed by atoms with van der Waals surface area (Å²) in [5.74, 6) is 0.325. The molecular weight excluding hydrogens is 327 g/mol. The number of rotatable bonds is 3. The zero-order valence-corrected chi connectivity index (χ0v) is 14.1. The first-order chi connectivity index (χ1) is 12.7. The van der Waals surface area contributed by atoms with E-state index in [1.54, 1.807) is 24.3 Å². The standard InChI is InChI=1S/C23H17FO2/c24-21-13-10-16(15-22(21)26-19-7-2-1-3-8-19)14-18-12-11-17-6-4-5-9-20(17)23(18)25/h1-10,13-15H,11-12H2/b18-14-. The zero-order valence-electron chi connectivity index (χ0n) is 14.1. The third-order valence-electron chi connectivity index (χ3n) is 4.48. The highest BCUT2D eigenvalue weighted by atomic mass is 19.1. The molecular formula is C23H17FO2. The lowest BCUT2D eigenvalue weighted by Gasteiger charge is -2.17. The Labute approximate surface area is 151 Å². The van der Waals surface area contributed by atoms with Crippen molar-refractivity contribution in [3.63, 3.8) is 0 Å². The molecule has 3 aromatic carbocycles. The summed E-state index contributed by atoms with van der Waals surface area (Å²) in [4.78, 5) is 12.7. The Bertz CT molecular complexity index is 990. The van der Waals surface area contributed by atoms with Gasteiger partial charge in [0.05, 0.1) is 0 Å². The van der Waals surface area contributed by atoms with E-state index in [-0.39, 0.29) is 11.5 Å². The Morgan fingerprint density at radius 1 is 0.885 bits per heavy atom. The van der Waals surface area contributed by atoms with Crippen molar-refractivity contribution in [3.8, 4) is 11.5 Å². The summed E-state index contributed by atoms with van der Waals surface area (Å²) in [6.07, 6.45) is 3.35. The summed E-state index contributed by atoms with van der Waals surface area (Å²) < 4.78 is 19.7. The summed E-state index contributed by atoms with van der Waals surface area (Å²) in [5.41, 5.74) is 3.33. The highest BCUT2D eigenvalue weighted by molar-refractivity contribution is 6.13. The first-order valence-corrected chi connectivity index (χ1v) is 8.56. The number of ketones is 1. The van der Waals surface area contributed by atoms with Gasteiger partial charge in [-0.05, 0) is 54.3 Å². The lowest BCUT2D eigenvalue weighted by atomic mass is 9.86. The molecule has 0 aromatic heterocycles. The number of benzene rings is 3. The number of hydrogen-bond donors (Lipinski definition) is 0. The van der Waals surface area contributed by atoms with Gasteiger partial charge >= 0.3 is 0 Å². The van der Waals surface area contributed by atoms with Crippen LogP contribution >= 0.6 is 0 Å². The van der Waals surface area contributed by atoms with Crippen LogP contribution in [0.1, 0.15) is 27.9 Å². The summed E-state index contributed by atoms with van der Waals surface area (Å²) in [5, 5.41) is 0. The van der Waals surface area contributed by atoms with Crippen molar-refractivity contribution in [3.05, 3.63) is 101 Å². The number of Topliss-reactive ketones (excluding diaryl/α,β-unsaturated/α-hetero) is 1. The molecule has 128 valence electrons. The Morgan fingerprint density at radius 3 is 2.50 bits per heavy atom. The van der Waals surface area contributed by atoms with Crippen LogP contribution in [0.25, 0.3) is 6.08 Å². The van der Waals surface area contributed by atoms with Crippen LogP contribution in [0.4, 0.5) is 4.39 Å². The van der Waals surface area contributed by atoms with Gasteiger partial charge < -0.3 is 4.74 Å². The number of halogens is 1. The van der Waals surface area contributed by atoms with E-state index >= 15 is 0 Å². The largest absolute Gasteiger partial charge is 0.454 e. The van der Waals surface area contributed by atoms with Gasteiger partial charge in [-0.15, -0.1) is 0 Å². The molecule has 0 bridgehead atoms. The third kappa shape index (κ3) is 3.29. The average molecular weight is 344 g/mol. The molecule has 4 rings (SSSR count). The first-order valence-electron chi connectivity index (χ1n) is 8.56. The second-order valence-electron chi connectivity index (χ2n) is 6.26. The van der Waals surface area contributed by atoms with Gasteiger partial charge in [-0.2, -0.15) is 0 Å². The lowest BCUT2D eigenvalue weighted by Crippen LogP contribution is -2.13. The minimum atomic E-state index is -0.434. The van der Waals surface area contributed by atoms with Gasteiger partial charge in [0.2, 0.25) is 0 Å². The number of hydrogen-bond acceptors (Lipinski definition) is 2. The smallest absolute Gasteiger partial charge is 0.189 e. The van der Waals surface area contributed by atoms with Crippen LogP contribution in [0.5, 0.6) is 11.5 Å². The molecule has 0 radical (unpaired) electrons. The van der Waals surface area contributed by atoms with Crippen molar-refractivity contribution in [2.24, 2.45) is 0 Å². The summed E-state index contributed by atoms with van der Waals surface area (Å²) >= 11 is 0. The third-order valence-corrected chi connectivity index (χ3v) is 4.48. The van der Waals surface area contributed by atoms with Gasteiger partial charge in [-0.3, -0.25) is 4.79 Å². The number of fused-ring (bicyclic) bond motifs is 1. The van der Waals surface area contributed by atoms with Crippen LogP contribution in [0.15, 0.2) is 78.4 Å². The minimum Gasteiger partial charge on any atom is -0.454 e. The number of para-hydroxylation sites is 1. The van der Waals surface area contributed by atoms with Gasteiger partial charge in [0.25, 0.3) is 0 Å². The van der Waals surface area contributed by atoms with E-state index in [0.717, 1.165) is 28.7 Å². The molecule has 0 aliphatic heterocycles. The second-order valence-corrected chi connectivity index (χ2v) is 6.26. The summed E-state index contributed by atoms with van der Waals surface area (Å²) in [6, 6.07) is 21.4. The van der Waals surface area contributed by atoms with Crippen LogP contribution in [0.3, 0.4) is 0 Å². The predicted octanol–water partition coefficient (Wildman–Crippen LogP) is 5.83. The molecule has 0 fully saturated rings. The van der Waals surface area contributed by atoms with Gasteiger partial charge in [-0.25, -0.2) is 4.39 Å². The lowest BCUT2D eigenvalue weighted by molar-refractivity contribution is 0.102. The maximum absolute atomic E-state index is 14.1. The molecule has 0 heterocycles. The molecule has 0 saturated heterocycles. The zero-order chi connectivity index (χ0) is 17.9. The van der Waals surface area contributed by atoms with Crippen molar-refractivity contribution >= 4 is 11.9 Å². The number of carbonyl (C=O) groups excluding carboxylic acids is 1. The molecule has 0 atom stereocenters. The molecule has 0 unspecified atom stereocenters. The average Bonchev–Trinajstić information content (AvgIpc) is 2.68. The Kier molecular flexibility index (Phi) is 4.36. The molecule has 2 nitrogen and oxygen atoms in total. The molecule has 0 N–H and O–H groups in total. The molecule has 0 amide bonds. The van der Waals surface area contributed by atoms with Crippen molar-refractivity contribution in [1.82, 2.24) is 0 Å². The molecule has 3 aromatic rings. The quantitative estimate of drug-likeness (QED) is 0.559. The van der Waals surface area contributed by atoms with Gasteiger partial charge in [0.1, 0.15) is 5.75 Å². The van der Waals surface area contributed by atoms with E-state index in [1.807, 2.05) is 48.5 Å². The maximum atomic E-state index is 14.1. The topological polar surface area (TPSA) is 26.3 Å². The van der Waals surface area contributed by atoms with Crippen molar-refractivity contribution < 1.29 is 13.9 Å². The maximum Gasteiger partial charge on any atom is 0.189 e. The highest BCUT2D eigenvalue weighted by Crippen LogP contribution is 2.29. The van der Waals surface area contributed by atoms with Gasteiger partial charge in [0.15, 0.2) is 17.3 Å². The first kappa shape index (κ1) is 16.3. The van der Waals surface area contributed by atoms with E-state index in [4.69, 9.17) is 4.74 Å². The molecule has 1 aliphatic rings. The molecule has 26 heavy (non-hydrogen) atoms. The fraction of sp³-hybridized carbons (Fsp3) is 0.0870. The number of aryl methyl sites for hydroxylation is 1. The van der Waals surface area contributed by atoms with Crippen LogP contribution < -0.4 is 4.74 Å². The monoisotopic (exact) mass is 344 g/mol. The Balaban J connectivity index is 1.64. The predicted molar refractivity (Wildman–Crippen MR) is 100.0 cm³/mol. The van der Waals surface area contributed by atoms with Gasteiger partial charge in [0, 0.05) is 11.1 Å². The fourth-order valence-electron chi connectivity index (χ4n) is 3.16. The molecule has 3 heteroatoms.